The number of ketones is 1. The number of fused-ring (bicyclic) bond motifs is 1. The Hall–Kier alpha value is -2.91. The second-order valence-electron chi connectivity index (χ2n) is 6.04. The molecule has 2 unspecified atom stereocenters. The minimum atomic E-state index is -0.832. The van der Waals surface area contributed by atoms with Crippen molar-refractivity contribution in [1.82, 2.24) is 10.6 Å². The summed E-state index contributed by atoms with van der Waals surface area (Å²) in [5.41, 5.74) is 0.483. The molecule has 3 aliphatic heterocycles. The van der Waals surface area contributed by atoms with Crippen LogP contribution in [0.4, 0.5) is 0 Å². The van der Waals surface area contributed by atoms with E-state index in [4.69, 9.17) is 9.47 Å². The van der Waals surface area contributed by atoms with Crippen LogP contribution in [0.5, 0.6) is 0 Å². The Morgan fingerprint density at radius 2 is 2.26 bits per heavy atom. The predicted octanol–water partition coefficient (Wildman–Crippen LogP) is -0.743. The van der Waals surface area contributed by atoms with E-state index in [1.165, 1.54) is 0 Å². The van der Waals surface area contributed by atoms with E-state index < -0.39 is 31.0 Å². The number of carbonyl (C=O) groups is 2. The maximum Gasteiger partial charge on any atom is 0.347 e. The number of ether oxygens (including phenoxy) is 2. The fourth-order valence-electron chi connectivity index (χ4n) is 2.87. The van der Waals surface area contributed by atoms with Crippen molar-refractivity contribution in [3.63, 3.8) is 0 Å². The van der Waals surface area contributed by atoms with E-state index in [0.717, 1.165) is 5.57 Å². The van der Waals surface area contributed by atoms with Crippen LogP contribution in [0.2, 0.25) is 0 Å². The first-order chi connectivity index (χ1) is 13.1. The number of rotatable bonds is 7. The first-order valence-electron chi connectivity index (χ1n) is 8.59. The number of aliphatic imine (C=N–C) groups is 1. The van der Waals surface area contributed by atoms with Crippen molar-refractivity contribution in [1.29, 1.82) is 0 Å². The maximum atomic E-state index is 12.7. The van der Waals surface area contributed by atoms with Gasteiger partial charge in [-0.1, -0.05) is 6.08 Å². The Bertz CT molecular complexity index is 776. The molecule has 9 heteroatoms. The van der Waals surface area contributed by atoms with E-state index in [0.29, 0.717) is 0 Å². The molecule has 0 amide bonds. The Balaban J connectivity index is 1.85. The van der Waals surface area contributed by atoms with Crippen LogP contribution in [0.1, 0.15) is 6.92 Å². The third-order valence-corrected chi connectivity index (χ3v) is 4.24. The average Bonchev–Trinajstić information content (AvgIpc) is 3.21. The van der Waals surface area contributed by atoms with Crippen molar-refractivity contribution in [2.24, 2.45) is 10.9 Å². The molecule has 2 atom stereocenters. The topological polar surface area (TPSA) is 129 Å². The molecule has 4 N–H and O–H groups in total. The zero-order valence-electron chi connectivity index (χ0n) is 14.7. The maximum absolute atomic E-state index is 12.7. The summed E-state index contributed by atoms with van der Waals surface area (Å²) in [5.74, 6) is -1.70. The van der Waals surface area contributed by atoms with Crippen LogP contribution in [0.25, 0.3) is 0 Å². The van der Waals surface area contributed by atoms with E-state index >= 15 is 0 Å². The smallest absolute Gasteiger partial charge is 0.347 e. The Kier molecular flexibility index (Phi) is 5.72. The summed E-state index contributed by atoms with van der Waals surface area (Å²) in [6.07, 6.45) is 8.62. The molecule has 0 radical (unpaired) electrons. The normalized spacial score (nSPS) is 24.8. The molecule has 0 aromatic carbocycles. The number of Topliss-reactive ketones (excluding diaryl/α,β-unsaturated/α-hetero) is 1. The highest BCUT2D eigenvalue weighted by Crippen LogP contribution is 2.31. The monoisotopic (exact) mass is 375 g/mol. The summed E-state index contributed by atoms with van der Waals surface area (Å²) in [5, 5.41) is 24.3. The summed E-state index contributed by atoms with van der Waals surface area (Å²) in [4.78, 5) is 29.2. The minimum Gasteiger partial charge on any atom is -0.462 e. The van der Waals surface area contributed by atoms with Gasteiger partial charge in [0.05, 0.1) is 25.9 Å². The first kappa shape index (κ1) is 18.9. The summed E-state index contributed by atoms with van der Waals surface area (Å²) >= 11 is 0. The molecule has 9 nitrogen and oxygen atoms in total. The van der Waals surface area contributed by atoms with Crippen molar-refractivity contribution in [2.75, 3.05) is 19.8 Å². The molecule has 0 saturated heterocycles. The Morgan fingerprint density at radius 3 is 2.96 bits per heavy atom. The quantitative estimate of drug-likeness (QED) is 0.260. The van der Waals surface area contributed by atoms with Crippen molar-refractivity contribution in [3.05, 3.63) is 47.2 Å². The number of allylic oxidation sites excluding steroid dienone is 3. The molecule has 0 saturated carbocycles. The van der Waals surface area contributed by atoms with Crippen LogP contribution < -0.4 is 10.6 Å². The molecule has 27 heavy (non-hydrogen) atoms. The van der Waals surface area contributed by atoms with Gasteiger partial charge in [0.1, 0.15) is 6.17 Å². The summed E-state index contributed by atoms with van der Waals surface area (Å²) in [6, 6.07) is -0.788. The van der Waals surface area contributed by atoms with Gasteiger partial charge >= 0.3 is 5.97 Å². The summed E-state index contributed by atoms with van der Waals surface area (Å²) in [7, 11) is 0. The number of esters is 1. The largest absolute Gasteiger partial charge is 0.462 e. The van der Waals surface area contributed by atoms with Gasteiger partial charge in [0.15, 0.2) is 11.3 Å². The average molecular weight is 375 g/mol. The summed E-state index contributed by atoms with van der Waals surface area (Å²) < 4.78 is 10.5. The van der Waals surface area contributed by atoms with Gasteiger partial charge in [-0.05, 0) is 24.6 Å². The van der Waals surface area contributed by atoms with Gasteiger partial charge in [-0.3, -0.25) is 9.79 Å². The fraction of sp³-hybridized carbons (Fsp3) is 0.389. The third kappa shape index (κ3) is 3.79. The number of nitrogens with zero attached hydrogens (tertiary/aromatic N) is 1. The number of aliphatic hydroxyl groups excluding tert-OH is 2. The van der Waals surface area contributed by atoms with Crippen LogP contribution in [-0.4, -0.2) is 60.2 Å². The summed E-state index contributed by atoms with van der Waals surface area (Å²) in [6.45, 7) is 0.896. The molecular formula is C18H21N3O6. The van der Waals surface area contributed by atoms with E-state index in [1.807, 2.05) is 12.2 Å². The lowest BCUT2D eigenvalue weighted by Gasteiger charge is -2.17. The van der Waals surface area contributed by atoms with Crippen LogP contribution in [0, 0.1) is 5.92 Å². The first-order valence-corrected chi connectivity index (χ1v) is 8.59. The highest BCUT2D eigenvalue weighted by Gasteiger charge is 2.38. The molecule has 3 aliphatic rings. The lowest BCUT2D eigenvalue weighted by Crippen LogP contribution is -2.36. The molecule has 0 aromatic heterocycles. The lowest BCUT2D eigenvalue weighted by atomic mass is 9.96. The van der Waals surface area contributed by atoms with Gasteiger partial charge in [0.2, 0.25) is 11.7 Å². The number of hydrogen-bond donors (Lipinski definition) is 4. The van der Waals surface area contributed by atoms with Gasteiger partial charge < -0.3 is 30.3 Å². The zero-order valence-corrected chi connectivity index (χ0v) is 14.7. The Morgan fingerprint density at radius 1 is 1.48 bits per heavy atom. The van der Waals surface area contributed by atoms with E-state index in [1.54, 1.807) is 25.4 Å². The van der Waals surface area contributed by atoms with E-state index in [9.17, 15) is 19.8 Å². The number of dihydropyridines is 1. The second-order valence-corrected chi connectivity index (χ2v) is 6.04. The standard InChI is InChI=1S/C18H21N3O6/c1-2-26-18(25)14-15(24)13(27-17(14)21-11(8-22)9-23)6-10-7-20-16-12(10)4-3-5-19-16/h3-7,11-12,16,20-23H,2,8-9H2,1H3/b13-6-. The number of carbonyl (C=O) groups excluding carboxylic acids is 2. The molecule has 0 fully saturated rings. The molecule has 0 spiro atoms. The van der Waals surface area contributed by atoms with Crippen molar-refractivity contribution >= 4 is 18.0 Å². The molecule has 0 bridgehead atoms. The molecule has 0 aromatic rings. The molecular weight excluding hydrogens is 354 g/mol. The number of nitrogens with one attached hydrogen (secondary N) is 2. The number of aliphatic hydroxyl groups is 2. The van der Waals surface area contributed by atoms with Crippen molar-refractivity contribution in [3.8, 4) is 0 Å². The SMILES string of the molecule is CCOC(=O)C1=C(NC(CO)CO)O/C(=C\C2=CNC3N=CC=CC23)C1=O. The van der Waals surface area contributed by atoms with Gasteiger partial charge in [-0.25, -0.2) is 4.79 Å². The van der Waals surface area contributed by atoms with E-state index in [-0.39, 0.29) is 35.9 Å². The number of hydrogen-bond acceptors (Lipinski definition) is 9. The van der Waals surface area contributed by atoms with Crippen LogP contribution in [-0.2, 0) is 19.1 Å². The Labute approximate surface area is 155 Å². The zero-order chi connectivity index (χ0) is 19.4. The molecule has 3 heterocycles. The van der Waals surface area contributed by atoms with Gasteiger partial charge in [-0.15, -0.1) is 0 Å². The fourth-order valence-corrected chi connectivity index (χ4v) is 2.87. The van der Waals surface area contributed by atoms with Gasteiger partial charge in [-0.2, -0.15) is 0 Å². The highest BCUT2D eigenvalue weighted by molar-refractivity contribution is 6.25. The molecule has 3 rings (SSSR count). The van der Waals surface area contributed by atoms with E-state index in [2.05, 4.69) is 15.6 Å². The van der Waals surface area contributed by atoms with Crippen molar-refractivity contribution < 1.29 is 29.3 Å². The lowest BCUT2D eigenvalue weighted by molar-refractivity contribution is -0.139. The van der Waals surface area contributed by atoms with Gasteiger partial charge in [0, 0.05) is 18.3 Å². The minimum absolute atomic E-state index is 0.0492. The second kappa shape index (κ2) is 8.19. The predicted molar refractivity (Wildman–Crippen MR) is 95.1 cm³/mol. The highest BCUT2D eigenvalue weighted by atomic mass is 16.5. The van der Waals surface area contributed by atoms with Crippen LogP contribution in [0.15, 0.2) is 52.2 Å². The van der Waals surface area contributed by atoms with Crippen LogP contribution >= 0.6 is 0 Å². The van der Waals surface area contributed by atoms with Crippen molar-refractivity contribution in [2.45, 2.75) is 19.1 Å². The van der Waals surface area contributed by atoms with Crippen LogP contribution in [0.3, 0.4) is 0 Å². The molecule has 0 aliphatic carbocycles. The van der Waals surface area contributed by atoms with Gasteiger partial charge in [0.25, 0.3) is 0 Å². The molecule has 144 valence electrons. The third-order valence-electron chi connectivity index (χ3n) is 4.24.